The molecule has 0 amide bonds. The molecule has 2 heterocycles. The zero-order valence-electron chi connectivity index (χ0n) is 12.2. The van der Waals surface area contributed by atoms with Crippen molar-refractivity contribution in [3.05, 3.63) is 22.4 Å². The molecule has 0 bridgehead atoms. The molecule has 1 atom stereocenters. The molecule has 2 aliphatic rings. The van der Waals surface area contributed by atoms with Gasteiger partial charge in [-0.15, -0.1) is 11.3 Å². The average Bonchev–Trinajstić information content (AvgIpc) is 3.02. The van der Waals surface area contributed by atoms with Gasteiger partial charge in [-0.1, -0.05) is 32.8 Å². The van der Waals surface area contributed by atoms with Gasteiger partial charge in [0.1, 0.15) is 0 Å². The molecule has 1 saturated carbocycles. The number of hydrogen-bond donors (Lipinski definition) is 1. The molecule has 3 rings (SSSR count). The lowest BCUT2D eigenvalue weighted by atomic mass is 9.91. The van der Waals surface area contributed by atoms with Gasteiger partial charge >= 0.3 is 0 Å². The van der Waals surface area contributed by atoms with Crippen LogP contribution in [0.15, 0.2) is 17.5 Å². The number of nitrogens with zero attached hydrogens (tertiary/aromatic N) is 1. The molecule has 1 aromatic rings. The van der Waals surface area contributed by atoms with Crippen LogP contribution in [0.4, 0.5) is 0 Å². The van der Waals surface area contributed by atoms with E-state index in [1.807, 2.05) is 11.3 Å². The molecule has 106 valence electrons. The molecule has 19 heavy (non-hydrogen) atoms. The summed E-state index contributed by atoms with van der Waals surface area (Å²) in [5.41, 5.74) is 0.433. The first kappa shape index (κ1) is 13.6. The molecule has 0 radical (unpaired) electrons. The van der Waals surface area contributed by atoms with Gasteiger partial charge in [0.25, 0.3) is 0 Å². The third-order valence-electron chi connectivity index (χ3n) is 4.82. The topological polar surface area (TPSA) is 15.3 Å². The molecule has 3 heteroatoms. The van der Waals surface area contributed by atoms with Crippen LogP contribution in [0.5, 0.6) is 0 Å². The first-order valence-electron chi connectivity index (χ1n) is 7.73. The van der Waals surface area contributed by atoms with Crippen molar-refractivity contribution in [3.63, 3.8) is 0 Å². The number of thiophene rings is 1. The highest BCUT2D eigenvalue weighted by Gasteiger charge is 2.40. The lowest BCUT2D eigenvalue weighted by Gasteiger charge is -2.45. The summed E-state index contributed by atoms with van der Waals surface area (Å²) < 4.78 is 0. The van der Waals surface area contributed by atoms with Gasteiger partial charge < -0.3 is 5.32 Å². The predicted molar refractivity (Wildman–Crippen MR) is 82.7 cm³/mol. The summed E-state index contributed by atoms with van der Waals surface area (Å²) in [6, 6.07) is 5.13. The standard InChI is InChI=1S/C16H26N2S/c1-13(2)15(14-6-5-11-19-14)18-10-9-17-16(12-18)7-3-4-8-16/h5-6,11,13,15,17H,3-4,7-10,12H2,1-2H3. The van der Waals surface area contributed by atoms with E-state index < -0.39 is 0 Å². The minimum atomic E-state index is 0.433. The first-order chi connectivity index (χ1) is 9.20. The Bertz CT molecular complexity index is 393. The normalized spacial score (nSPS) is 25.2. The van der Waals surface area contributed by atoms with Crippen molar-refractivity contribution in [2.45, 2.75) is 51.1 Å². The fourth-order valence-electron chi connectivity index (χ4n) is 4.00. The molecule has 1 spiro atoms. The van der Waals surface area contributed by atoms with E-state index in [0.717, 1.165) is 6.54 Å². The molecular weight excluding hydrogens is 252 g/mol. The highest BCUT2D eigenvalue weighted by molar-refractivity contribution is 7.10. The van der Waals surface area contributed by atoms with E-state index in [-0.39, 0.29) is 0 Å². The summed E-state index contributed by atoms with van der Waals surface area (Å²) in [6.45, 7) is 8.34. The van der Waals surface area contributed by atoms with Crippen LogP contribution in [0.2, 0.25) is 0 Å². The molecule has 0 aromatic carbocycles. The predicted octanol–water partition coefficient (Wildman–Crippen LogP) is 3.66. The summed E-state index contributed by atoms with van der Waals surface area (Å²) in [7, 11) is 0. The Kier molecular flexibility index (Phi) is 3.97. The highest BCUT2D eigenvalue weighted by atomic mass is 32.1. The quantitative estimate of drug-likeness (QED) is 0.907. The van der Waals surface area contributed by atoms with Crippen LogP contribution in [0.25, 0.3) is 0 Å². The van der Waals surface area contributed by atoms with Crippen LogP contribution in [-0.2, 0) is 0 Å². The molecule has 1 aliphatic heterocycles. The van der Waals surface area contributed by atoms with Gasteiger partial charge in [-0.25, -0.2) is 0 Å². The van der Waals surface area contributed by atoms with Gasteiger partial charge in [-0.3, -0.25) is 4.90 Å². The van der Waals surface area contributed by atoms with Gasteiger partial charge in [0.15, 0.2) is 0 Å². The van der Waals surface area contributed by atoms with Gasteiger partial charge in [0.2, 0.25) is 0 Å². The van der Waals surface area contributed by atoms with Crippen molar-refractivity contribution in [2.75, 3.05) is 19.6 Å². The van der Waals surface area contributed by atoms with E-state index in [0.29, 0.717) is 17.5 Å². The summed E-state index contributed by atoms with van der Waals surface area (Å²) in [6.07, 6.45) is 5.57. The van der Waals surface area contributed by atoms with E-state index in [1.165, 1.54) is 38.8 Å². The summed E-state index contributed by atoms with van der Waals surface area (Å²) >= 11 is 1.92. The van der Waals surface area contributed by atoms with Crippen LogP contribution >= 0.6 is 11.3 Å². The SMILES string of the molecule is CC(C)C(c1cccs1)N1CCNC2(CCCC2)C1. The van der Waals surface area contributed by atoms with E-state index in [1.54, 1.807) is 4.88 Å². The molecule has 1 N–H and O–H groups in total. The largest absolute Gasteiger partial charge is 0.309 e. The van der Waals surface area contributed by atoms with E-state index in [4.69, 9.17) is 0 Å². The monoisotopic (exact) mass is 278 g/mol. The van der Waals surface area contributed by atoms with E-state index in [9.17, 15) is 0 Å². The fraction of sp³-hybridized carbons (Fsp3) is 0.750. The maximum Gasteiger partial charge on any atom is 0.0465 e. The zero-order valence-corrected chi connectivity index (χ0v) is 13.0. The Morgan fingerprint density at radius 2 is 2.11 bits per heavy atom. The highest BCUT2D eigenvalue weighted by Crippen LogP contribution is 2.38. The average molecular weight is 278 g/mol. The number of hydrogen-bond acceptors (Lipinski definition) is 3. The van der Waals surface area contributed by atoms with Crippen molar-refractivity contribution >= 4 is 11.3 Å². The van der Waals surface area contributed by atoms with Gasteiger partial charge in [0.05, 0.1) is 0 Å². The van der Waals surface area contributed by atoms with Gasteiger partial charge in [-0.05, 0) is 30.2 Å². The van der Waals surface area contributed by atoms with Crippen LogP contribution in [0.3, 0.4) is 0 Å². The summed E-state index contributed by atoms with van der Waals surface area (Å²) in [5, 5.41) is 6.05. The van der Waals surface area contributed by atoms with E-state index in [2.05, 4.69) is 41.6 Å². The van der Waals surface area contributed by atoms with Crippen molar-refractivity contribution in [1.29, 1.82) is 0 Å². The lowest BCUT2D eigenvalue weighted by molar-refractivity contribution is 0.0739. The third-order valence-corrected chi connectivity index (χ3v) is 5.77. The molecular formula is C16H26N2S. The Labute approximate surface area is 121 Å². The van der Waals surface area contributed by atoms with Crippen LogP contribution in [-0.4, -0.2) is 30.1 Å². The Balaban J connectivity index is 1.79. The lowest BCUT2D eigenvalue weighted by Crippen LogP contribution is -2.59. The third kappa shape index (κ3) is 2.74. The van der Waals surface area contributed by atoms with Gasteiger partial charge in [0, 0.05) is 36.1 Å². The Hall–Kier alpha value is -0.380. The van der Waals surface area contributed by atoms with Crippen molar-refractivity contribution in [1.82, 2.24) is 10.2 Å². The first-order valence-corrected chi connectivity index (χ1v) is 8.61. The number of piperazine rings is 1. The van der Waals surface area contributed by atoms with Crippen molar-refractivity contribution < 1.29 is 0 Å². The minimum absolute atomic E-state index is 0.433. The van der Waals surface area contributed by atoms with Crippen molar-refractivity contribution in [3.8, 4) is 0 Å². The molecule has 1 saturated heterocycles. The Morgan fingerprint density at radius 1 is 1.32 bits per heavy atom. The maximum absolute atomic E-state index is 3.83. The van der Waals surface area contributed by atoms with Gasteiger partial charge in [-0.2, -0.15) is 0 Å². The van der Waals surface area contributed by atoms with Crippen LogP contribution in [0.1, 0.15) is 50.4 Å². The molecule has 2 nitrogen and oxygen atoms in total. The maximum atomic E-state index is 3.83. The van der Waals surface area contributed by atoms with Crippen LogP contribution < -0.4 is 5.32 Å². The van der Waals surface area contributed by atoms with E-state index >= 15 is 0 Å². The summed E-state index contributed by atoms with van der Waals surface area (Å²) in [5.74, 6) is 0.690. The molecule has 2 fully saturated rings. The minimum Gasteiger partial charge on any atom is -0.309 e. The van der Waals surface area contributed by atoms with Crippen LogP contribution in [0, 0.1) is 5.92 Å². The zero-order chi connectivity index (χ0) is 13.3. The molecule has 1 unspecified atom stereocenters. The number of rotatable bonds is 3. The molecule has 1 aliphatic carbocycles. The second-order valence-electron chi connectivity index (χ2n) is 6.59. The van der Waals surface area contributed by atoms with Crippen molar-refractivity contribution in [2.24, 2.45) is 5.92 Å². The number of nitrogens with one attached hydrogen (secondary N) is 1. The second-order valence-corrected chi connectivity index (χ2v) is 7.57. The molecule has 1 aromatic heterocycles. The Morgan fingerprint density at radius 3 is 2.74 bits per heavy atom. The second kappa shape index (κ2) is 5.55. The summed E-state index contributed by atoms with van der Waals surface area (Å²) in [4.78, 5) is 4.29. The smallest absolute Gasteiger partial charge is 0.0465 e. The fourth-order valence-corrected chi connectivity index (χ4v) is 5.03.